The lowest BCUT2D eigenvalue weighted by Gasteiger charge is -2.07. The molecule has 1 N–H and O–H groups in total. The van der Waals surface area contributed by atoms with Gasteiger partial charge in [-0.25, -0.2) is 0 Å². The number of benzene rings is 1. The summed E-state index contributed by atoms with van der Waals surface area (Å²) in [5.41, 5.74) is 0.160. The van der Waals surface area contributed by atoms with Crippen LogP contribution in [0.1, 0.15) is 12.7 Å². The van der Waals surface area contributed by atoms with Gasteiger partial charge in [-0.2, -0.15) is 4.98 Å². The molecule has 9 heteroatoms. The lowest BCUT2D eigenvalue weighted by Crippen LogP contribution is -2.24. The van der Waals surface area contributed by atoms with Crippen molar-refractivity contribution in [3.8, 4) is 17.2 Å². The maximum absolute atomic E-state index is 11.3. The van der Waals surface area contributed by atoms with E-state index in [1.54, 1.807) is 6.07 Å². The van der Waals surface area contributed by atoms with Crippen molar-refractivity contribution in [1.29, 1.82) is 0 Å². The Morgan fingerprint density at radius 2 is 2.26 bits per heavy atom. The van der Waals surface area contributed by atoms with E-state index >= 15 is 0 Å². The Hall–Kier alpha value is -2.13. The molecule has 0 spiro atoms. The average Bonchev–Trinajstić information content (AvgIpc) is 3.01. The molecule has 1 atom stereocenters. The van der Waals surface area contributed by atoms with Crippen LogP contribution in [0.3, 0.4) is 0 Å². The quantitative estimate of drug-likeness (QED) is 0.466. The number of nitro groups is 1. The number of likely N-dealkylation sites (N-methyl/N-ethyl adjacent to an activating group) is 1. The lowest BCUT2D eigenvalue weighted by molar-refractivity contribution is -0.384. The maximum Gasteiger partial charge on any atom is 0.285 e. The summed E-state index contributed by atoms with van der Waals surface area (Å²) in [6.07, 6.45) is 2.43. The molecule has 124 valence electrons. The minimum Gasteiger partial charge on any atom is -0.495 e. The summed E-state index contributed by atoms with van der Waals surface area (Å²) in [7, 11) is 3.31. The van der Waals surface area contributed by atoms with Gasteiger partial charge in [0.1, 0.15) is 11.3 Å². The number of nitrogens with zero attached hydrogens (tertiary/aromatic N) is 3. The first kappa shape index (κ1) is 17.2. The molecule has 1 heterocycles. The second-order valence-electron chi connectivity index (χ2n) is 4.89. The first-order chi connectivity index (χ1) is 11.0. The van der Waals surface area contributed by atoms with Crippen LogP contribution in [0.2, 0.25) is 0 Å². The SMILES string of the molecule is CNC(C)Cc1noc(-c2cc(SC)c(OC)cc2[N+](=O)[O-])n1. The van der Waals surface area contributed by atoms with Crippen LogP contribution in [0.4, 0.5) is 5.69 Å². The number of hydrogen-bond acceptors (Lipinski definition) is 8. The number of hydrogen-bond donors (Lipinski definition) is 1. The molecule has 0 saturated heterocycles. The Kier molecular flexibility index (Phi) is 5.56. The van der Waals surface area contributed by atoms with Crippen LogP contribution in [-0.4, -0.2) is 41.5 Å². The number of thioether (sulfide) groups is 1. The van der Waals surface area contributed by atoms with E-state index in [-0.39, 0.29) is 23.2 Å². The predicted octanol–water partition coefficient (Wildman–Crippen LogP) is 2.53. The van der Waals surface area contributed by atoms with Gasteiger partial charge in [0.05, 0.1) is 23.0 Å². The Morgan fingerprint density at radius 3 is 2.83 bits per heavy atom. The number of nitro benzene ring substituents is 1. The van der Waals surface area contributed by atoms with E-state index < -0.39 is 4.92 Å². The first-order valence-corrected chi connectivity index (χ1v) is 8.13. The molecule has 0 fully saturated rings. The second kappa shape index (κ2) is 7.42. The van der Waals surface area contributed by atoms with Crippen molar-refractivity contribution in [2.45, 2.75) is 24.3 Å². The molecule has 1 aromatic carbocycles. The van der Waals surface area contributed by atoms with Crippen molar-refractivity contribution in [2.75, 3.05) is 20.4 Å². The van der Waals surface area contributed by atoms with E-state index in [2.05, 4.69) is 15.5 Å². The fourth-order valence-electron chi connectivity index (χ4n) is 2.01. The highest BCUT2D eigenvalue weighted by atomic mass is 32.2. The van der Waals surface area contributed by atoms with E-state index in [1.807, 2.05) is 20.2 Å². The second-order valence-corrected chi connectivity index (χ2v) is 5.74. The van der Waals surface area contributed by atoms with Crippen molar-refractivity contribution >= 4 is 17.4 Å². The van der Waals surface area contributed by atoms with Gasteiger partial charge < -0.3 is 14.6 Å². The van der Waals surface area contributed by atoms with Crippen LogP contribution in [0.25, 0.3) is 11.5 Å². The third-order valence-corrected chi connectivity index (χ3v) is 4.14. The summed E-state index contributed by atoms with van der Waals surface area (Å²) in [5.74, 6) is 1.07. The van der Waals surface area contributed by atoms with E-state index in [9.17, 15) is 10.1 Å². The number of rotatable bonds is 7. The van der Waals surface area contributed by atoms with Gasteiger partial charge in [0.2, 0.25) is 0 Å². The zero-order valence-electron chi connectivity index (χ0n) is 13.3. The van der Waals surface area contributed by atoms with Gasteiger partial charge in [-0.05, 0) is 26.3 Å². The minimum atomic E-state index is -0.484. The normalized spacial score (nSPS) is 12.2. The standard InChI is InChI=1S/C14H18N4O4S/c1-8(15-2)5-13-16-14(22-17-13)9-6-12(23-4)11(21-3)7-10(9)18(19)20/h6-8,15H,5H2,1-4H3. The van der Waals surface area contributed by atoms with Crippen molar-refractivity contribution in [3.63, 3.8) is 0 Å². The maximum atomic E-state index is 11.3. The van der Waals surface area contributed by atoms with E-state index in [0.717, 1.165) is 4.90 Å². The summed E-state index contributed by atoms with van der Waals surface area (Å²) in [5, 5.41) is 18.3. The molecule has 0 aliphatic rings. The summed E-state index contributed by atoms with van der Waals surface area (Å²) < 4.78 is 10.4. The smallest absolute Gasteiger partial charge is 0.285 e. The van der Waals surface area contributed by atoms with Crippen molar-refractivity contribution in [3.05, 3.63) is 28.1 Å². The molecule has 0 aliphatic carbocycles. The van der Waals surface area contributed by atoms with Crippen LogP contribution in [0.15, 0.2) is 21.6 Å². The Morgan fingerprint density at radius 1 is 1.52 bits per heavy atom. The highest BCUT2D eigenvalue weighted by molar-refractivity contribution is 7.98. The van der Waals surface area contributed by atoms with E-state index in [0.29, 0.717) is 18.0 Å². The monoisotopic (exact) mass is 338 g/mol. The van der Waals surface area contributed by atoms with Crippen LogP contribution >= 0.6 is 11.8 Å². The largest absolute Gasteiger partial charge is 0.495 e. The molecule has 0 aliphatic heterocycles. The number of aromatic nitrogens is 2. The molecule has 2 aromatic rings. The van der Waals surface area contributed by atoms with Crippen LogP contribution in [-0.2, 0) is 6.42 Å². The number of ether oxygens (including phenoxy) is 1. The van der Waals surface area contributed by atoms with Gasteiger partial charge >= 0.3 is 0 Å². The molecule has 8 nitrogen and oxygen atoms in total. The number of methoxy groups -OCH3 is 1. The lowest BCUT2D eigenvalue weighted by atomic mass is 10.1. The first-order valence-electron chi connectivity index (χ1n) is 6.90. The summed E-state index contributed by atoms with van der Waals surface area (Å²) >= 11 is 1.42. The zero-order chi connectivity index (χ0) is 17.0. The third-order valence-electron chi connectivity index (χ3n) is 3.38. The van der Waals surface area contributed by atoms with Crippen LogP contribution in [0.5, 0.6) is 5.75 Å². The minimum absolute atomic E-state index is 0.128. The molecule has 0 radical (unpaired) electrons. The van der Waals surface area contributed by atoms with Crippen molar-refractivity contribution in [2.24, 2.45) is 0 Å². The Balaban J connectivity index is 2.47. The Bertz CT molecular complexity index is 704. The molecule has 1 aromatic heterocycles. The van der Waals surface area contributed by atoms with Gasteiger partial charge in [-0.1, -0.05) is 5.16 Å². The van der Waals surface area contributed by atoms with Gasteiger partial charge in [-0.15, -0.1) is 11.8 Å². The van der Waals surface area contributed by atoms with Crippen molar-refractivity contribution < 1.29 is 14.2 Å². The van der Waals surface area contributed by atoms with E-state index in [1.165, 1.54) is 24.9 Å². The van der Waals surface area contributed by atoms with Crippen molar-refractivity contribution in [1.82, 2.24) is 15.5 Å². The fraction of sp³-hybridized carbons (Fsp3) is 0.429. The highest BCUT2D eigenvalue weighted by Crippen LogP contribution is 2.38. The van der Waals surface area contributed by atoms with Gasteiger partial charge in [0, 0.05) is 12.5 Å². The molecule has 23 heavy (non-hydrogen) atoms. The van der Waals surface area contributed by atoms with Crippen LogP contribution < -0.4 is 10.1 Å². The van der Waals surface area contributed by atoms with Gasteiger partial charge in [0.25, 0.3) is 11.6 Å². The summed E-state index contributed by atoms with van der Waals surface area (Å²) in [6.45, 7) is 1.98. The number of nitrogens with one attached hydrogen (secondary N) is 1. The summed E-state index contributed by atoms with van der Waals surface area (Å²) in [4.78, 5) is 15.9. The van der Waals surface area contributed by atoms with Gasteiger partial charge in [0.15, 0.2) is 5.82 Å². The molecular weight excluding hydrogens is 320 g/mol. The molecule has 0 saturated carbocycles. The molecular formula is C14H18N4O4S. The average molecular weight is 338 g/mol. The molecule has 0 amide bonds. The summed E-state index contributed by atoms with van der Waals surface area (Å²) in [6, 6.07) is 3.19. The van der Waals surface area contributed by atoms with Crippen LogP contribution in [0, 0.1) is 10.1 Å². The zero-order valence-corrected chi connectivity index (χ0v) is 14.1. The third kappa shape index (κ3) is 3.80. The Labute approximate surface area is 137 Å². The van der Waals surface area contributed by atoms with E-state index in [4.69, 9.17) is 9.26 Å². The molecule has 0 bridgehead atoms. The van der Waals surface area contributed by atoms with Gasteiger partial charge in [-0.3, -0.25) is 10.1 Å². The molecule has 1 unspecified atom stereocenters. The topological polar surface area (TPSA) is 103 Å². The highest BCUT2D eigenvalue weighted by Gasteiger charge is 2.24. The molecule has 2 rings (SSSR count). The fourth-order valence-corrected chi connectivity index (χ4v) is 2.59. The predicted molar refractivity (Wildman–Crippen MR) is 86.9 cm³/mol.